The topological polar surface area (TPSA) is 81.4 Å². The molecule has 156 valence electrons. The lowest BCUT2D eigenvalue weighted by molar-refractivity contribution is -0.149. The zero-order valence-electron chi connectivity index (χ0n) is 15.9. The van der Waals surface area contributed by atoms with Gasteiger partial charge in [0.15, 0.2) is 0 Å². The number of aliphatic carboxylic acids is 1. The fraction of sp³-hybridized carbons (Fsp3) is 0.286. The van der Waals surface area contributed by atoms with Gasteiger partial charge in [-0.05, 0) is 30.7 Å². The molecule has 1 N–H and O–H groups in total. The van der Waals surface area contributed by atoms with E-state index >= 15 is 8.78 Å². The summed E-state index contributed by atoms with van der Waals surface area (Å²) in [6.07, 6.45) is 0. The first-order valence-corrected chi connectivity index (χ1v) is 9.65. The number of carboxylic acid groups (broad SMARTS) is 1. The lowest BCUT2D eigenvalue weighted by Crippen LogP contribution is -2.45. The standard InChI is InChI=1S/C21H16Cl2F2N2O3/c1-10-21(9-26,14-7-6-12(22)8-16(14)24)17(13-4-3-5-15(23)18(13)25)19(20(29)30)27(10)11(2)28/h3-8,10,17,19H,1-2H3,(H,29,30). The number of likely N-dealkylation sites (tertiary alicyclic amines) is 1. The maximum Gasteiger partial charge on any atom is 0.327 e. The lowest BCUT2D eigenvalue weighted by Gasteiger charge is -2.33. The minimum absolute atomic E-state index is 0.0682. The van der Waals surface area contributed by atoms with Crippen LogP contribution in [-0.2, 0) is 15.0 Å². The van der Waals surface area contributed by atoms with Gasteiger partial charge in [-0.3, -0.25) is 4.79 Å². The van der Waals surface area contributed by atoms with E-state index in [1.807, 2.05) is 6.07 Å². The summed E-state index contributed by atoms with van der Waals surface area (Å²) >= 11 is 11.8. The normalized spacial score (nSPS) is 25.8. The molecule has 9 heteroatoms. The Balaban J connectivity index is 2.45. The van der Waals surface area contributed by atoms with Crippen molar-refractivity contribution in [3.05, 3.63) is 69.2 Å². The Morgan fingerprint density at radius 3 is 2.43 bits per heavy atom. The minimum atomic E-state index is -1.92. The van der Waals surface area contributed by atoms with Crippen molar-refractivity contribution in [2.24, 2.45) is 0 Å². The molecule has 0 bridgehead atoms. The Labute approximate surface area is 181 Å². The van der Waals surface area contributed by atoms with Crippen LogP contribution >= 0.6 is 23.2 Å². The van der Waals surface area contributed by atoms with Gasteiger partial charge in [-0.25, -0.2) is 13.6 Å². The van der Waals surface area contributed by atoms with E-state index in [4.69, 9.17) is 23.2 Å². The second-order valence-corrected chi connectivity index (χ2v) is 7.95. The number of carboxylic acids is 1. The molecule has 1 aliphatic heterocycles. The highest BCUT2D eigenvalue weighted by Gasteiger charge is 2.64. The smallest absolute Gasteiger partial charge is 0.327 e. The molecule has 0 saturated carbocycles. The largest absolute Gasteiger partial charge is 0.480 e. The molecule has 1 heterocycles. The number of halogens is 4. The molecule has 4 atom stereocenters. The van der Waals surface area contributed by atoms with Gasteiger partial charge in [0.25, 0.3) is 0 Å². The fourth-order valence-electron chi connectivity index (χ4n) is 4.48. The molecule has 4 unspecified atom stereocenters. The van der Waals surface area contributed by atoms with Crippen molar-refractivity contribution < 1.29 is 23.5 Å². The van der Waals surface area contributed by atoms with E-state index in [1.54, 1.807) is 0 Å². The lowest BCUT2D eigenvalue weighted by atomic mass is 9.65. The van der Waals surface area contributed by atoms with Gasteiger partial charge in [-0.2, -0.15) is 5.26 Å². The van der Waals surface area contributed by atoms with E-state index in [-0.39, 0.29) is 21.2 Å². The third-order valence-corrected chi connectivity index (χ3v) is 6.20. The molecule has 1 amide bonds. The summed E-state index contributed by atoms with van der Waals surface area (Å²) in [6.45, 7) is 2.58. The molecule has 2 aromatic rings. The molecule has 1 aliphatic rings. The number of amides is 1. The Morgan fingerprint density at radius 2 is 1.90 bits per heavy atom. The molecule has 0 aromatic heterocycles. The van der Waals surface area contributed by atoms with Crippen LogP contribution in [0, 0.1) is 23.0 Å². The molecule has 0 aliphatic carbocycles. The first kappa shape index (κ1) is 22.0. The average Bonchev–Trinajstić information content (AvgIpc) is 2.94. The average molecular weight is 453 g/mol. The second kappa shape index (κ2) is 7.86. The quantitative estimate of drug-likeness (QED) is 0.741. The third kappa shape index (κ3) is 3.11. The van der Waals surface area contributed by atoms with Crippen LogP contribution in [0.4, 0.5) is 8.78 Å². The van der Waals surface area contributed by atoms with Crippen molar-refractivity contribution in [1.82, 2.24) is 4.90 Å². The van der Waals surface area contributed by atoms with Gasteiger partial charge in [0.2, 0.25) is 5.91 Å². The summed E-state index contributed by atoms with van der Waals surface area (Å²) in [5, 5.41) is 20.0. The van der Waals surface area contributed by atoms with Crippen molar-refractivity contribution in [3.63, 3.8) is 0 Å². The number of hydrogen-bond acceptors (Lipinski definition) is 3. The molecule has 0 radical (unpaired) electrons. The molecular formula is C21H16Cl2F2N2O3. The van der Waals surface area contributed by atoms with Gasteiger partial charge >= 0.3 is 5.97 Å². The Kier molecular flexibility index (Phi) is 5.76. The second-order valence-electron chi connectivity index (χ2n) is 7.11. The minimum Gasteiger partial charge on any atom is -0.480 e. The van der Waals surface area contributed by atoms with Gasteiger partial charge in [0.05, 0.1) is 17.1 Å². The summed E-state index contributed by atoms with van der Waals surface area (Å²) in [5.41, 5.74) is -2.29. The third-order valence-electron chi connectivity index (χ3n) is 5.68. The number of benzene rings is 2. The highest BCUT2D eigenvalue weighted by molar-refractivity contribution is 6.31. The maximum atomic E-state index is 15.1. The predicted octanol–water partition coefficient (Wildman–Crippen LogP) is 4.52. The maximum absolute atomic E-state index is 15.1. The number of carbonyl (C=O) groups is 2. The number of rotatable bonds is 3. The summed E-state index contributed by atoms with van der Waals surface area (Å²) in [6, 6.07) is 6.86. The van der Waals surface area contributed by atoms with Crippen LogP contribution in [0.15, 0.2) is 36.4 Å². The Hall–Kier alpha value is -2.69. The van der Waals surface area contributed by atoms with E-state index in [9.17, 15) is 20.0 Å². The van der Waals surface area contributed by atoms with Crippen molar-refractivity contribution >= 4 is 35.1 Å². The molecule has 3 rings (SSSR count). The van der Waals surface area contributed by atoms with Crippen molar-refractivity contribution in [2.75, 3.05) is 0 Å². The number of carbonyl (C=O) groups excluding carboxylic acids is 1. The van der Waals surface area contributed by atoms with Gasteiger partial charge < -0.3 is 10.0 Å². The highest BCUT2D eigenvalue weighted by atomic mass is 35.5. The first-order chi connectivity index (χ1) is 14.1. The summed E-state index contributed by atoms with van der Waals surface area (Å²) in [7, 11) is 0. The SMILES string of the molecule is CC(=O)N1C(C(=O)O)C(c2cccc(Cl)c2F)C(C#N)(c2ccc(Cl)cc2F)C1C. The molecule has 30 heavy (non-hydrogen) atoms. The Morgan fingerprint density at radius 1 is 1.23 bits per heavy atom. The Bertz CT molecular complexity index is 1090. The first-order valence-electron chi connectivity index (χ1n) is 8.90. The van der Waals surface area contributed by atoms with Crippen molar-refractivity contribution in [2.45, 2.75) is 37.3 Å². The van der Waals surface area contributed by atoms with E-state index < -0.39 is 46.9 Å². The van der Waals surface area contributed by atoms with E-state index in [0.29, 0.717) is 0 Å². The predicted molar refractivity (Wildman–Crippen MR) is 106 cm³/mol. The van der Waals surface area contributed by atoms with E-state index in [0.717, 1.165) is 17.9 Å². The van der Waals surface area contributed by atoms with Crippen LogP contribution < -0.4 is 0 Å². The number of nitrogens with zero attached hydrogens (tertiary/aromatic N) is 2. The monoisotopic (exact) mass is 452 g/mol. The van der Waals surface area contributed by atoms with Crippen LogP contribution in [-0.4, -0.2) is 34.0 Å². The fourth-order valence-corrected chi connectivity index (χ4v) is 4.82. The molecule has 1 fully saturated rings. The summed E-state index contributed by atoms with van der Waals surface area (Å²) < 4.78 is 30.1. The van der Waals surface area contributed by atoms with E-state index in [1.165, 1.54) is 37.3 Å². The molecule has 1 saturated heterocycles. The van der Waals surface area contributed by atoms with Crippen molar-refractivity contribution in [1.29, 1.82) is 5.26 Å². The van der Waals surface area contributed by atoms with Gasteiger partial charge in [-0.15, -0.1) is 0 Å². The van der Waals surface area contributed by atoms with Gasteiger partial charge in [0.1, 0.15) is 23.1 Å². The number of hydrogen-bond donors (Lipinski definition) is 1. The zero-order valence-corrected chi connectivity index (χ0v) is 17.4. The molecule has 5 nitrogen and oxygen atoms in total. The van der Waals surface area contributed by atoms with Crippen LogP contribution in [0.25, 0.3) is 0 Å². The number of nitriles is 1. The van der Waals surface area contributed by atoms with Crippen LogP contribution in [0.2, 0.25) is 10.0 Å². The zero-order chi connectivity index (χ0) is 22.4. The molecular weight excluding hydrogens is 437 g/mol. The summed E-state index contributed by atoms with van der Waals surface area (Å²) in [4.78, 5) is 25.6. The molecule has 0 spiro atoms. The van der Waals surface area contributed by atoms with Crippen molar-refractivity contribution in [3.8, 4) is 6.07 Å². The van der Waals surface area contributed by atoms with Gasteiger partial charge in [-0.1, -0.05) is 41.4 Å². The van der Waals surface area contributed by atoms with Crippen LogP contribution in [0.3, 0.4) is 0 Å². The molecule has 2 aromatic carbocycles. The summed E-state index contributed by atoms with van der Waals surface area (Å²) in [5.74, 6) is -5.32. The highest BCUT2D eigenvalue weighted by Crippen LogP contribution is 2.54. The van der Waals surface area contributed by atoms with Crippen LogP contribution in [0.5, 0.6) is 0 Å². The van der Waals surface area contributed by atoms with Crippen LogP contribution in [0.1, 0.15) is 30.9 Å². The van der Waals surface area contributed by atoms with E-state index in [2.05, 4.69) is 0 Å². The van der Waals surface area contributed by atoms with Gasteiger partial charge in [0, 0.05) is 23.4 Å².